The molecule has 0 N–H and O–H groups in total. The molecule has 0 saturated carbocycles. The topological polar surface area (TPSA) is 42.4 Å². The monoisotopic (exact) mass is 338 g/mol. The standard InChI is InChI=1S/C19H18N2O2S/c1-14(22)21(12-15-6-4-3-5-7-15)19-20-18(13-24-19)16-8-10-17(23-2)11-9-16/h3-11,13H,12H2,1-2H3. The lowest BCUT2D eigenvalue weighted by atomic mass is 10.2. The van der Waals surface area contributed by atoms with Gasteiger partial charge < -0.3 is 4.74 Å². The van der Waals surface area contributed by atoms with Gasteiger partial charge in [0.05, 0.1) is 19.3 Å². The van der Waals surface area contributed by atoms with Gasteiger partial charge in [0.2, 0.25) is 5.91 Å². The zero-order chi connectivity index (χ0) is 16.9. The van der Waals surface area contributed by atoms with Gasteiger partial charge in [0.15, 0.2) is 5.13 Å². The summed E-state index contributed by atoms with van der Waals surface area (Å²) < 4.78 is 5.18. The van der Waals surface area contributed by atoms with Crippen molar-refractivity contribution < 1.29 is 9.53 Å². The number of benzene rings is 2. The highest BCUT2D eigenvalue weighted by Gasteiger charge is 2.16. The fourth-order valence-corrected chi connectivity index (χ4v) is 3.24. The minimum absolute atomic E-state index is 0.0190. The number of ether oxygens (including phenoxy) is 1. The van der Waals surface area contributed by atoms with Gasteiger partial charge in [-0.2, -0.15) is 0 Å². The van der Waals surface area contributed by atoms with Crippen LogP contribution in [-0.2, 0) is 11.3 Å². The molecule has 0 aliphatic carbocycles. The number of hydrogen-bond donors (Lipinski definition) is 0. The van der Waals surface area contributed by atoms with E-state index in [0.29, 0.717) is 11.7 Å². The van der Waals surface area contributed by atoms with Crippen molar-refractivity contribution in [2.24, 2.45) is 0 Å². The third kappa shape index (κ3) is 3.63. The fraction of sp³-hybridized carbons (Fsp3) is 0.158. The summed E-state index contributed by atoms with van der Waals surface area (Å²) in [6, 6.07) is 17.7. The van der Waals surface area contributed by atoms with Crippen molar-refractivity contribution in [1.82, 2.24) is 4.98 Å². The second-order valence-electron chi connectivity index (χ2n) is 5.33. The molecule has 1 amide bonds. The Morgan fingerprint density at radius 3 is 2.46 bits per heavy atom. The number of thiazole rings is 1. The summed E-state index contributed by atoms with van der Waals surface area (Å²) in [5.74, 6) is 0.790. The third-order valence-corrected chi connectivity index (χ3v) is 4.54. The average molecular weight is 338 g/mol. The molecule has 0 spiro atoms. The molecule has 3 aromatic rings. The number of methoxy groups -OCH3 is 1. The van der Waals surface area contributed by atoms with E-state index < -0.39 is 0 Å². The first-order chi connectivity index (χ1) is 11.7. The molecule has 0 unspecified atom stereocenters. The molecule has 0 aliphatic rings. The van der Waals surface area contributed by atoms with Crippen molar-refractivity contribution in [2.45, 2.75) is 13.5 Å². The highest BCUT2D eigenvalue weighted by Crippen LogP contribution is 2.29. The van der Waals surface area contributed by atoms with E-state index in [-0.39, 0.29) is 5.91 Å². The molecule has 1 heterocycles. The largest absolute Gasteiger partial charge is 0.497 e. The summed E-state index contributed by atoms with van der Waals surface area (Å²) in [5.41, 5.74) is 2.94. The molecule has 5 heteroatoms. The molecule has 0 aliphatic heterocycles. The smallest absolute Gasteiger partial charge is 0.225 e. The summed E-state index contributed by atoms with van der Waals surface area (Å²) >= 11 is 1.47. The number of carbonyl (C=O) groups is 1. The molecule has 0 radical (unpaired) electrons. The van der Waals surface area contributed by atoms with E-state index in [1.54, 1.807) is 18.9 Å². The Kier molecular flexibility index (Phi) is 4.91. The van der Waals surface area contributed by atoms with Crippen molar-refractivity contribution in [3.63, 3.8) is 0 Å². The summed E-state index contributed by atoms with van der Waals surface area (Å²) in [6.45, 7) is 2.09. The molecule has 4 nitrogen and oxygen atoms in total. The number of nitrogens with zero attached hydrogens (tertiary/aromatic N) is 2. The van der Waals surface area contributed by atoms with Gasteiger partial charge in [-0.15, -0.1) is 11.3 Å². The van der Waals surface area contributed by atoms with E-state index in [4.69, 9.17) is 4.74 Å². The van der Waals surface area contributed by atoms with Crippen molar-refractivity contribution in [1.29, 1.82) is 0 Å². The Hall–Kier alpha value is -2.66. The van der Waals surface area contributed by atoms with E-state index in [2.05, 4.69) is 4.98 Å². The predicted octanol–water partition coefficient (Wildman–Crippen LogP) is 4.37. The summed E-state index contributed by atoms with van der Waals surface area (Å²) in [5, 5.41) is 2.68. The lowest BCUT2D eigenvalue weighted by molar-refractivity contribution is -0.116. The van der Waals surface area contributed by atoms with Crippen LogP contribution in [0.15, 0.2) is 60.0 Å². The molecule has 122 valence electrons. The summed E-state index contributed by atoms with van der Waals surface area (Å²) in [4.78, 5) is 18.4. The summed E-state index contributed by atoms with van der Waals surface area (Å²) in [6.07, 6.45) is 0. The molecule has 2 aromatic carbocycles. The highest BCUT2D eigenvalue weighted by atomic mass is 32.1. The normalized spacial score (nSPS) is 10.4. The van der Waals surface area contributed by atoms with Gasteiger partial charge in [0.1, 0.15) is 5.75 Å². The van der Waals surface area contributed by atoms with E-state index in [9.17, 15) is 4.79 Å². The van der Waals surface area contributed by atoms with Crippen LogP contribution in [0, 0.1) is 0 Å². The first-order valence-corrected chi connectivity index (χ1v) is 8.47. The van der Waals surface area contributed by atoms with E-state index >= 15 is 0 Å². The van der Waals surface area contributed by atoms with Gasteiger partial charge >= 0.3 is 0 Å². The van der Waals surface area contributed by atoms with Gasteiger partial charge in [-0.05, 0) is 29.8 Å². The quantitative estimate of drug-likeness (QED) is 0.694. The fourth-order valence-electron chi connectivity index (χ4n) is 2.36. The molecule has 24 heavy (non-hydrogen) atoms. The van der Waals surface area contributed by atoms with Crippen LogP contribution >= 0.6 is 11.3 Å². The van der Waals surface area contributed by atoms with Crippen LogP contribution in [-0.4, -0.2) is 18.0 Å². The Morgan fingerprint density at radius 1 is 1.12 bits per heavy atom. The SMILES string of the molecule is COc1ccc(-c2csc(N(Cc3ccccc3)C(C)=O)n2)cc1. The minimum Gasteiger partial charge on any atom is -0.497 e. The van der Waals surface area contributed by atoms with E-state index in [1.807, 2.05) is 60.0 Å². The first-order valence-electron chi connectivity index (χ1n) is 7.59. The van der Waals surface area contributed by atoms with Gasteiger partial charge in [-0.25, -0.2) is 4.98 Å². The number of aromatic nitrogens is 1. The molecular weight excluding hydrogens is 320 g/mol. The second-order valence-corrected chi connectivity index (χ2v) is 6.17. The third-order valence-electron chi connectivity index (χ3n) is 3.67. The van der Waals surface area contributed by atoms with Gasteiger partial charge in [0.25, 0.3) is 0 Å². The average Bonchev–Trinajstić information content (AvgIpc) is 3.10. The predicted molar refractivity (Wildman–Crippen MR) is 97.4 cm³/mol. The molecule has 0 saturated heterocycles. The van der Waals surface area contributed by atoms with Crippen LogP contribution in [0.5, 0.6) is 5.75 Å². The van der Waals surface area contributed by atoms with Gasteiger partial charge in [-0.3, -0.25) is 9.69 Å². The van der Waals surface area contributed by atoms with Crippen LogP contribution in [0.4, 0.5) is 5.13 Å². The maximum Gasteiger partial charge on any atom is 0.225 e. The van der Waals surface area contributed by atoms with Crippen molar-refractivity contribution >= 4 is 22.4 Å². The molecule has 3 rings (SSSR count). The van der Waals surface area contributed by atoms with Gasteiger partial charge in [-0.1, -0.05) is 30.3 Å². The Morgan fingerprint density at radius 2 is 1.83 bits per heavy atom. The maximum absolute atomic E-state index is 12.1. The van der Waals surface area contributed by atoms with Crippen molar-refractivity contribution in [3.8, 4) is 17.0 Å². The van der Waals surface area contributed by atoms with Crippen LogP contribution in [0.1, 0.15) is 12.5 Å². The summed E-state index contributed by atoms with van der Waals surface area (Å²) in [7, 11) is 1.64. The Balaban J connectivity index is 1.84. The second kappa shape index (κ2) is 7.27. The van der Waals surface area contributed by atoms with Crippen LogP contribution in [0.3, 0.4) is 0 Å². The zero-order valence-corrected chi connectivity index (χ0v) is 14.4. The Labute approximate surface area is 145 Å². The number of amides is 1. The zero-order valence-electron chi connectivity index (χ0n) is 13.6. The molecular formula is C19H18N2O2S. The van der Waals surface area contributed by atoms with E-state index in [1.165, 1.54) is 11.3 Å². The van der Waals surface area contributed by atoms with Crippen molar-refractivity contribution in [2.75, 3.05) is 12.0 Å². The van der Waals surface area contributed by atoms with Crippen molar-refractivity contribution in [3.05, 3.63) is 65.5 Å². The van der Waals surface area contributed by atoms with Crippen LogP contribution in [0.2, 0.25) is 0 Å². The van der Waals surface area contributed by atoms with Crippen LogP contribution in [0.25, 0.3) is 11.3 Å². The van der Waals surface area contributed by atoms with Crippen LogP contribution < -0.4 is 9.64 Å². The lowest BCUT2D eigenvalue weighted by Gasteiger charge is -2.17. The number of rotatable bonds is 5. The Bertz CT molecular complexity index is 813. The molecule has 0 atom stereocenters. The first kappa shape index (κ1) is 16.2. The van der Waals surface area contributed by atoms with Gasteiger partial charge in [0, 0.05) is 17.9 Å². The number of anilines is 1. The molecule has 1 aromatic heterocycles. The number of hydrogen-bond acceptors (Lipinski definition) is 4. The molecule has 0 fully saturated rings. The lowest BCUT2D eigenvalue weighted by Crippen LogP contribution is -2.27. The maximum atomic E-state index is 12.1. The van der Waals surface area contributed by atoms with E-state index in [0.717, 1.165) is 22.6 Å². The molecule has 0 bridgehead atoms. The highest BCUT2D eigenvalue weighted by molar-refractivity contribution is 7.14. The minimum atomic E-state index is -0.0190. The number of carbonyl (C=O) groups excluding carboxylic acids is 1.